The van der Waals surface area contributed by atoms with Crippen LogP contribution in [0, 0.1) is 11.8 Å². The van der Waals surface area contributed by atoms with Gasteiger partial charge in [0.25, 0.3) is 0 Å². The molecule has 4 aromatic rings. The van der Waals surface area contributed by atoms with Crippen molar-refractivity contribution in [1.29, 1.82) is 0 Å². The van der Waals surface area contributed by atoms with Crippen LogP contribution < -0.4 is 20.3 Å². The standard InChI is InChI=1S/C64H96N10O10/c1-47(71(7)63(77)84-64(2,3)4)59(75)69-58(51-16-12-9-13-17-51)61(76)73-33-29-50-28-32-72(46-57(50)73)31-27-48-18-22-53(23-19-48)82-42-40-80-38-36-78-34-35-79-37-39-81-41-43-83-54-24-20-52(21-25-54)67-62-65-30-26-56(68-62)55-44-66-74(60(55)70(5)6)45-49-14-10-8-11-15-49/h8,10-11,14-15,18-19,22-23,26,30,44,47,50-52,54,57-58H,9,12-13,16-17,20-21,24-25,27-29,31-43,45-46H2,1-7H3,(H,69,75)(H,65,67,68)/t47-,50?,52?,54?,57?,58-/m0/s1. The van der Waals surface area contributed by atoms with E-state index >= 15 is 0 Å². The third-order valence-electron chi connectivity index (χ3n) is 16.7. The number of piperidine rings is 1. The molecular formula is C64H96N10O10. The molecule has 2 saturated carbocycles. The lowest BCUT2D eigenvalue weighted by molar-refractivity contribution is -0.141. The van der Waals surface area contributed by atoms with E-state index in [0.29, 0.717) is 91.0 Å². The maximum Gasteiger partial charge on any atom is 0.410 e. The Morgan fingerprint density at radius 3 is 2.06 bits per heavy atom. The van der Waals surface area contributed by atoms with Crippen molar-refractivity contribution in [2.75, 3.05) is 124 Å². The highest BCUT2D eigenvalue weighted by Gasteiger charge is 2.45. The number of rotatable bonds is 31. The van der Waals surface area contributed by atoms with Gasteiger partial charge in [-0.3, -0.25) is 14.5 Å². The van der Waals surface area contributed by atoms with Gasteiger partial charge >= 0.3 is 6.09 Å². The van der Waals surface area contributed by atoms with E-state index in [2.05, 4.69) is 54.6 Å². The molecule has 2 aliphatic carbocycles. The van der Waals surface area contributed by atoms with Crippen molar-refractivity contribution in [3.05, 3.63) is 84.2 Å². The molecule has 2 N–H and O–H groups in total. The van der Waals surface area contributed by atoms with E-state index in [0.717, 1.165) is 120 Å². The van der Waals surface area contributed by atoms with Crippen molar-refractivity contribution < 1.29 is 47.5 Å². The zero-order valence-electron chi connectivity index (χ0n) is 51.2. The molecule has 8 rings (SSSR count). The topological polar surface area (TPSA) is 196 Å². The van der Waals surface area contributed by atoms with E-state index in [-0.39, 0.29) is 35.9 Å². The number of nitrogens with zero attached hydrogens (tertiary/aromatic N) is 8. The summed E-state index contributed by atoms with van der Waals surface area (Å²) in [5, 5.41) is 11.4. The number of benzene rings is 2. The molecular weight excluding hydrogens is 1070 g/mol. The minimum Gasteiger partial charge on any atom is -0.491 e. The number of anilines is 2. The van der Waals surface area contributed by atoms with Crippen LogP contribution in [0.15, 0.2) is 73.1 Å². The number of amides is 3. The van der Waals surface area contributed by atoms with E-state index in [1.165, 1.54) is 16.0 Å². The van der Waals surface area contributed by atoms with Crippen LogP contribution in [0.1, 0.15) is 109 Å². The fourth-order valence-corrected chi connectivity index (χ4v) is 12.0. The Morgan fingerprint density at radius 2 is 1.39 bits per heavy atom. The summed E-state index contributed by atoms with van der Waals surface area (Å²) in [4.78, 5) is 58.5. The van der Waals surface area contributed by atoms with Gasteiger partial charge in [0.05, 0.1) is 89.6 Å². The molecule has 462 valence electrons. The molecule has 3 amide bonds. The number of hydrogen-bond acceptors (Lipinski definition) is 16. The molecule has 84 heavy (non-hydrogen) atoms. The van der Waals surface area contributed by atoms with E-state index in [1.54, 1.807) is 34.7 Å². The number of aromatic nitrogens is 4. The lowest BCUT2D eigenvalue weighted by atomic mass is 9.83. The van der Waals surface area contributed by atoms with E-state index in [1.807, 2.05) is 67.6 Å². The van der Waals surface area contributed by atoms with Crippen LogP contribution in [-0.2, 0) is 51.0 Å². The smallest absolute Gasteiger partial charge is 0.410 e. The fourth-order valence-electron chi connectivity index (χ4n) is 12.0. The first-order valence-corrected chi connectivity index (χ1v) is 31.0. The van der Waals surface area contributed by atoms with Gasteiger partial charge in [0.1, 0.15) is 35.9 Å². The predicted octanol–water partition coefficient (Wildman–Crippen LogP) is 8.13. The first kappa shape index (κ1) is 64.1. The largest absolute Gasteiger partial charge is 0.491 e. The van der Waals surface area contributed by atoms with Crippen LogP contribution >= 0.6 is 0 Å². The second-order valence-corrected chi connectivity index (χ2v) is 24.3. The van der Waals surface area contributed by atoms with Gasteiger partial charge in [-0.15, -0.1) is 0 Å². The van der Waals surface area contributed by atoms with Crippen molar-refractivity contribution >= 4 is 29.7 Å². The van der Waals surface area contributed by atoms with Gasteiger partial charge in [0, 0.05) is 59.1 Å². The van der Waals surface area contributed by atoms with Crippen molar-refractivity contribution in [3.63, 3.8) is 0 Å². The van der Waals surface area contributed by atoms with E-state index in [4.69, 9.17) is 43.2 Å². The number of likely N-dealkylation sites (tertiary alicyclic amines) is 2. The Balaban J connectivity index is 0.618. The predicted molar refractivity (Wildman–Crippen MR) is 324 cm³/mol. The summed E-state index contributed by atoms with van der Waals surface area (Å²) >= 11 is 0. The van der Waals surface area contributed by atoms with Gasteiger partial charge in [-0.05, 0) is 133 Å². The molecule has 4 fully saturated rings. The summed E-state index contributed by atoms with van der Waals surface area (Å²) in [6, 6.07) is 19.6. The number of fused-ring (bicyclic) bond motifs is 1. The third kappa shape index (κ3) is 19.6. The Hall–Kier alpha value is -5.90. The van der Waals surface area contributed by atoms with Gasteiger partial charge in [0.15, 0.2) is 0 Å². The summed E-state index contributed by atoms with van der Waals surface area (Å²) in [6.45, 7) is 16.2. The summed E-state index contributed by atoms with van der Waals surface area (Å²) in [5.74, 6) is 2.67. The third-order valence-corrected chi connectivity index (χ3v) is 16.7. The molecule has 0 spiro atoms. The SMILES string of the molecule is C[C@@H](C(=O)N[C@H](C(=O)N1CCC2CCN(CCc3ccc(OCCOCCOCCOCCOCCOC4CCC(Nc5nccc(-c6cnn(Cc7ccccc7)c6N(C)C)n5)CC4)cc3)CC21)C1CCCCC1)N(C)C(=O)OC(C)(C)C. The summed E-state index contributed by atoms with van der Waals surface area (Å²) in [6.07, 6.45) is 15.3. The van der Waals surface area contributed by atoms with Crippen LogP contribution in [0.2, 0.25) is 0 Å². The van der Waals surface area contributed by atoms with E-state index < -0.39 is 23.8 Å². The molecule has 2 aliphatic heterocycles. The first-order valence-electron chi connectivity index (χ1n) is 31.0. The normalized spacial score (nSPS) is 20.2. The maximum atomic E-state index is 14.5. The Labute approximate surface area is 498 Å². The summed E-state index contributed by atoms with van der Waals surface area (Å²) in [5.41, 5.74) is 3.56. The molecule has 2 unspecified atom stereocenters. The molecule has 4 aliphatic rings. The number of likely N-dealkylation sites (N-methyl/N-ethyl adjacent to an activating group) is 1. The number of nitrogens with one attached hydrogen (secondary N) is 2. The molecule has 2 aromatic carbocycles. The lowest BCUT2D eigenvalue weighted by Crippen LogP contribution is -2.59. The molecule has 20 heteroatoms. The van der Waals surface area contributed by atoms with Crippen LogP contribution in [0.4, 0.5) is 16.6 Å². The van der Waals surface area contributed by atoms with Gasteiger partial charge in [0.2, 0.25) is 17.8 Å². The Bertz CT molecular complexity index is 2610. The second-order valence-electron chi connectivity index (χ2n) is 24.3. The molecule has 20 nitrogen and oxygen atoms in total. The number of carbonyl (C=O) groups is 3. The van der Waals surface area contributed by atoms with Crippen molar-refractivity contribution in [3.8, 4) is 17.0 Å². The Morgan fingerprint density at radius 1 is 0.738 bits per heavy atom. The highest BCUT2D eigenvalue weighted by molar-refractivity contribution is 5.91. The van der Waals surface area contributed by atoms with Crippen LogP contribution in [0.5, 0.6) is 5.75 Å². The van der Waals surface area contributed by atoms with Crippen LogP contribution in [0.3, 0.4) is 0 Å². The molecule has 0 bridgehead atoms. The highest BCUT2D eigenvalue weighted by Crippen LogP contribution is 2.36. The quantitative estimate of drug-likeness (QED) is 0.0458. The van der Waals surface area contributed by atoms with Crippen molar-refractivity contribution in [1.82, 2.24) is 39.8 Å². The summed E-state index contributed by atoms with van der Waals surface area (Å²) < 4.78 is 42.5. The maximum absolute atomic E-state index is 14.5. The monoisotopic (exact) mass is 1160 g/mol. The molecule has 0 radical (unpaired) electrons. The van der Waals surface area contributed by atoms with Gasteiger partial charge in [-0.2, -0.15) is 5.10 Å². The van der Waals surface area contributed by atoms with Gasteiger partial charge < -0.3 is 58.5 Å². The molecule has 4 atom stereocenters. The number of carbonyl (C=O) groups excluding carboxylic acids is 3. The van der Waals surface area contributed by atoms with Gasteiger partial charge in [-0.1, -0.05) is 61.7 Å². The minimum absolute atomic E-state index is 0.0264. The van der Waals surface area contributed by atoms with E-state index in [9.17, 15) is 14.4 Å². The summed E-state index contributed by atoms with van der Waals surface area (Å²) in [7, 11) is 5.64. The number of hydrogen-bond donors (Lipinski definition) is 2. The van der Waals surface area contributed by atoms with Crippen molar-refractivity contribution in [2.45, 2.75) is 147 Å². The molecule has 4 heterocycles. The highest BCUT2D eigenvalue weighted by atomic mass is 16.6. The van der Waals surface area contributed by atoms with Gasteiger partial charge in [-0.25, -0.2) is 19.4 Å². The average molecular weight is 1170 g/mol. The molecule has 2 aromatic heterocycles. The fraction of sp³-hybridized carbons (Fsp3) is 0.656. The molecule has 2 saturated heterocycles. The van der Waals surface area contributed by atoms with Crippen LogP contribution in [-0.4, -0.2) is 202 Å². The minimum atomic E-state index is -0.787. The Kier molecular flexibility index (Phi) is 24.9. The zero-order valence-corrected chi connectivity index (χ0v) is 51.2. The average Bonchev–Trinajstić information content (AvgIpc) is 4.15. The second kappa shape index (κ2) is 32.6. The number of ether oxygens (including phenoxy) is 7. The van der Waals surface area contributed by atoms with Crippen LogP contribution in [0.25, 0.3) is 11.3 Å². The first-order chi connectivity index (χ1) is 40.7. The lowest BCUT2D eigenvalue weighted by Gasteiger charge is -2.41. The zero-order chi connectivity index (χ0) is 59.3. The van der Waals surface area contributed by atoms with Crippen molar-refractivity contribution in [2.24, 2.45) is 11.8 Å².